The number of ether oxygens (including phenoxy) is 1. The van der Waals surface area contributed by atoms with E-state index in [0.29, 0.717) is 26.1 Å². The van der Waals surface area contributed by atoms with Gasteiger partial charge in [0.1, 0.15) is 0 Å². The summed E-state index contributed by atoms with van der Waals surface area (Å²) in [5, 5.41) is 8.79. The summed E-state index contributed by atoms with van der Waals surface area (Å²) in [6.45, 7) is 1.22. The van der Waals surface area contributed by atoms with Crippen molar-refractivity contribution in [2.24, 2.45) is 0 Å². The quantitative estimate of drug-likeness (QED) is 0.874. The van der Waals surface area contributed by atoms with Gasteiger partial charge in [0, 0.05) is 13.1 Å². The Morgan fingerprint density at radius 2 is 2.05 bits per heavy atom. The van der Waals surface area contributed by atoms with Crippen LogP contribution in [0.4, 0.5) is 0 Å². The monoisotopic (exact) mass is 299 g/mol. The second-order valence-corrected chi connectivity index (χ2v) is 6.83. The summed E-state index contributed by atoms with van der Waals surface area (Å²) in [6, 6.07) is 6.45. The molecule has 2 rings (SSSR count). The molecule has 6 nitrogen and oxygen atoms in total. The lowest BCUT2D eigenvalue weighted by molar-refractivity contribution is 0.0508. The van der Waals surface area contributed by atoms with Crippen LogP contribution in [0.5, 0.6) is 0 Å². The van der Waals surface area contributed by atoms with E-state index < -0.39 is 16.0 Å². The van der Waals surface area contributed by atoms with Crippen LogP contribution in [0.1, 0.15) is 22.3 Å². The lowest BCUT2D eigenvalue weighted by atomic mass is 10.1. The molecule has 1 fully saturated rings. The number of carboxylic acid groups (broad SMARTS) is 1. The fourth-order valence-corrected chi connectivity index (χ4v) is 2.97. The topological polar surface area (TPSA) is 83.9 Å². The van der Waals surface area contributed by atoms with Crippen molar-refractivity contribution in [3.05, 3.63) is 35.4 Å². The van der Waals surface area contributed by atoms with Gasteiger partial charge in [-0.1, -0.05) is 12.1 Å². The molecule has 20 heavy (non-hydrogen) atoms. The maximum Gasteiger partial charge on any atom is 0.335 e. The third-order valence-corrected chi connectivity index (χ3v) is 4.53. The van der Waals surface area contributed by atoms with Crippen LogP contribution in [0, 0.1) is 0 Å². The second kappa shape index (κ2) is 5.90. The van der Waals surface area contributed by atoms with Crippen LogP contribution < -0.4 is 0 Å². The standard InChI is InChI=1S/C13H17NO5S/c1-20(17,18)14-7-6-12(8-14)19-9-10-2-4-11(5-3-10)13(15)16/h2-5,12H,6-9H2,1H3,(H,15,16)/t12-/m0/s1. The van der Waals surface area contributed by atoms with Gasteiger partial charge in [0.15, 0.2) is 0 Å². The van der Waals surface area contributed by atoms with Gasteiger partial charge in [-0.3, -0.25) is 0 Å². The van der Waals surface area contributed by atoms with Gasteiger partial charge in [0.2, 0.25) is 10.0 Å². The van der Waals surface area contributed by atoms with E-state index in [-0.39, 0.29) is 11.7 Å². The summed E-state index contributed by atoms with van der Waals surface area (Å²) in [6.07, 6.45) is 1.77. The molecule has 0 aromatic heterocycles. The summed E-state index contributed by atoms with van der Waals surface area (Å²) in [4.78, 5) is 10.7. The Morgan fingerprint density at radius 3 is 2.55 bits per heavy atom. The zero-order chi connectivity index (χ0) is 14.8. The molecule has 0 spiro atoms. The van der Waals surface area contributed by atoms with Crippen LogP contribution in [-0.2, 0) is 21.4 Å². The highest BCUT2D eigenvalue weighted by atomic mass is 32.2. The smallest absolute Gasteiger partial charge is 0.335 e. The molecule has 1 atom stereocenters. The van der Waals surface area contributed by atoms with Crippen molar-refractivity contribution >= 4 is 16.0 Å². The van der Waals surface area contributed by atoms with Gasteiger partial charge in [-0.25, -0.2) is 13.2 Å². The van der Waals surface area contributed by atoms with E-state index in [1.807, 2.05) is 0 Å². The molecule has 1 N–H and O–H groups in total. The number of rotatable bonds is 5. The normalized spacial score (nSPS) is 20.1. The number of hydrogen-bond donors (Lipinski definition) is 1. The predicted octanol–water partition coefficient (Wildman–Crippen LogP) is 0.935. The average molecular weight is 299 g/mol. The van der Waals surface area contributed by atoms with E-state index >= 15 is 0 Å². The van der Waals surface area contributed by atoms with Crippen LogP contribution in [0.3, 0.4) is 0 Å². The molecule has 0 bridgehead atoms. The Balaban J connectivity index is 1.86. The van der Waals surface area contributed by atoms with Crippen LogP contribution in [0.25, 0.3) is 0 Å². The van der Waals surface area contributed by atoms with Crippen LogP contribution in [0.2, 0.25) is 0 Å². The highest BCUT2D eigenvalue weighted by Gasteiger charge is 2.28. The molecule has 7 heteroatoms. The van der Waals surface area contributed by atoms with Crippen LogP contribution in [-0.4, -0.2) is 49.2 Å². The van der Waals surface area contributed by atoms with E-state index in [9.17, 15) is 13.2 Å². The zero-order valence-electron chi connectivity index (χ0n) is 11.2. The third kappa shape index (κ3) is 3.78. The van der Waals surface area contributed by atoms with E-state index in [2.05, 4.69) is 0 Å². The number of hydrogen-bond acceptors (Lipinski definition) is 4. The molecule has 1 aliphatic rings. The third-order valence-electron chi connectivity index (χ3n) is 3.26. The van der Waals surface area contributed by atoms with E-state index in [1.165, 1.54) is 22.7 Å². The minimum atomic E-state index is -3.15. The molecule has 1 aromatic rings. The molecule has 1 aliphatic heterocycles. The van der Waals surface area contributed by atoms with Gasteiger partial charge in [0.05, 0.1) is 24.5 Å². The predicted molar refractivity (Wildman–Crippen MR) is 73.0 cm³/mol. The fraction of sp³-hybridized carbons (Fsp3) is 0.462. The van der Waals surface area contributed by atoms with Crippen molar-refractivity contribution in [3.8, 4) is 0 Å². The van der Waals surface area contributed by atoms with Crippen molar-refractivity contribution in [2.45, 2.75) is 19.1 Å². The number of carboxylic acids is 1. The first-order valence-electron chi connectivity index (χ1n) is 6.25. The first-order chi connectivity index (χ1) is 9.36. The molecule has 0 saturated carbocycles. The summed E-state index contributed by atoms with van der Waals surface area (Å²) in [7, 11) is -3.15. The van der Waals surface area contributed by atoms with Crippen LogP contribution in [0.15, 0.2) is 24.3 Å². The molecule has 1 aromatic carbocycles. The molecule has 0 aliphatic carbocycles. The molecule has 0 radical (unpaired) electrons. The minimum absolute atomic E-state index is 0.108. The van der Waals surface area contributed by atoms with Gasteiger partial charge in [-0.15, -0.1) is 0 Å². The Bertz CT molecular complexity index is 581. The van der Waals surface area contributed by atoms with Gasteiger partial charge in [0.25, 0.3) is 0 Å². The zero-order valence-corrected chi connectivity index (χ0v) is 12.0. The molecular weight excluding hydrogens is 282 g/mol. The van der Waals surface area contributed by atoms with Gasteiger partial charge in [-0.05, 0) is 24.1 Å². The number of aromatic carboxylic acids is 1. The molecular formula is C13H17NO5S. The van der Waals surface area contributed by atoms with Gasteiger partial charge in [-0.2, -0.15) is 4.31 Å². The second-order valence-electron chi connectivity index (χ2n) is 4.84. The number of nitrogens with zero attached hydrogens (tertiary/aromatic N) is 1. The van der Waals surface area contributed by atoms with Gasteiger partial charge < -0.3 is 9.84 Å². The van der Waals surface area contributed by atoms with E-state index in [4.69, 9.17) is 9.84 Å². The van der Waals surface area contributed by atoms with Crippen molar-refractivity contribution in [3.63, 3.8) is 0 Å². The number of sulfonamides is 1. The molecule has 0 unspecified atom stereocenters. The highest BCUT2D eigenvalue weighted by molar-refractivity contribution is 7.88. The maximum atomic E-state index is 11.4. The van der Waals surface area contributed by atoms with Gasteiger partial charge >= 0.3 is 5.97 Å². The van der Waals surface area contributed by atoms with Crippen molar-refractivity contribution in [2.75, 3.05) is 19.3 Å². The first-order valence-corrected chi connectivity index (χ1v) is 8.10. The Labute approximate surface area is 118 Å². The van der Waals surface area contributed by atoms with E-state index in [0.717, 1.165) is 5.56 Å². The first kappa shape index (κ1) is 15.0. The van der Waals surface area contributed by atoms with Crippen molar-refractivity contribution in [1.29, 1.82) is 0 Å². The summed E-state index contributed by atoms with van der Waals surface area (Å²) >= 11 is 0. The molecule has 110 valence electrons. The SMILES string of the molecule is CS(=O)(=O)N1CC[C@H](OCc2ccc(C(=O)O)cc2)C1. The lowest BCUT2D eigenvalue weighted by Gasteiger charge is -2.14. The summed E-state index contributed by atoms with van der Waals surface area (Å²) in [5.41, 5.74) is 1.10. The van der Waals surface area contributed by atoms with Crippen molar-refractivity contribution < 1.29 is 23.1 Å². The Hall–Kier alpha value is -1.44. The maximum absolute atomic E-state index is 11.4. The Kier molecular flexibility index (Phi) is 4.42. The summed E-state index contributed by atoms with van der Waals surface area (Å²) < 4.78 is 29.8. The summed E-state index contributed by atoms with van der Waals surface area (Å²) in [5.74, 6) is -0.961. The highest BCUT2D eigenvalue weighted by Crippen LogP contribution is 2.17. The largest absolute Gasteiger partial charge is 0.478 e. The molecule has 0 amide bonds. The van der Waals surface area contributed by atoms with Crippen LogP contribution >= 0.6 is 0 Å². The number of benzene rings is 1. The number of carbonyl (C=O) groups is 1. The fourth-order valence-electron chi connectivity index (χ4n) is 2.09. The molecule has 1 heterocycles. The lowest BCUT2D eigenvalue weighted by Crippen LogP contribution is -2.29. The van der Waals surface area contributed by atoms with E-state index in [1.54, 1.807) is 12.1 Å². The average Bonchev–Trinajstić information content (AvgIpc) is 2.85. The molecule has 1 saturated heterocycles. The van der Waals surface area contributed by atoms with Crippen molar-refractivity contribution in [1.82, 2.24) is 4.31 Å². The minimum Gasteiger partial charge on any atom is -0.478 e. The Morgan fingerprint density at radius 1 is 1.40 bits per heavy atom.